The smallest absolute Gasteiger partial charge is 0.186 e. The van der Waals surface area contributed by atoms with Crippen LogP contribution in [0.15, 0.2) is 48.7 Å². The zero-order valence-corrected chi connectivity index (χ0v) is 26.5. The standard InChI is InChI=1S/C36H47N3O5/c1-24(21-38-4)8-6-5-7-9-32(41)20-33(42)11-10-29-19-35(44-23-40)34(43)18-30(29)16-28-17-31(36(37)39-22-28)15-27-13-25(2)12-26(3)14-27/h10-14,17-19,22,24,38,40,43H,5-9,15-16,20-21,23H2,1-4H3,(H2,37,39)/b11-10+/t24-/m1/s1. The number of nitrogens with two attached hydrogens (primary N) is 1. The second-order valence-electron chi connectivity index (χ2n) is 11.8. The SMILES string of the molecule is CNC[C@H](C)CCCCCC(=O)CC(=O)/C=C/c1cc(OCO)c(O)cc1Cc1cnc(N)c(Cc2cc(C)cc(C)c2)c1. The summed E-state index contributed by atoms with van der Waals surface area (Å²) in [5.41, 5.74) is 12.9. The molecule has 0 spiro atoms. The highest BCUT2D eigenvalue weighted by Gasteiger charge is 2.13. The number of Topliss-reactive ketones (excluding diaryl/α,β-unsaturated/α-hetero) is 1. The molecule has 0 unspecified atom stereocenters. The summed E-state index contributed by atoms with van der Waals surface area (Å²) in [5.74, 6) is 0.674. The normalized spacial score (nSPS) is 12.0. The number of hydrogen-bond donors (Lipinski definition) is 4. The maximum atomic E-state index is 12.7. The number of hydrogen-bond acceptors (Lipinski definition) is 8. The van der Waals surface area contributed by atoms with Crippen molar-refractivity contribution >= 4 is 23.5 Å². The van der Waals surface area contributed by atoms with E-state index >= 15 is 0 Å². The molecule has 1 atom stereocenters. The Morgan fingerprint density at radius 1 is 1.00 bits per heavy atom. The Balaban J connectivity index is 1.70. The number of aromatic nitrogens is 1. The molecule has 0 aliphatic heterocycles. The number of rotatable bonds is 18. The first-order valence-corrected chi connectivity index (χ1v) is 15.3. The van der Waals surface area contributed by atoms with Crippen LogP contribution in [0.5, 0.6) is 11.5 Å². The third-order valence-electron chi connectivity index (χ3n) is 7.59. The van der Waals surface area contributed by atoms with E-state index in [0.29, 0.717) is 36.6 Å². The quantitative estimate of drug-likeness (QED) is 0.0618. The Labute approximate surface area is 261 Å². The van der Waals surface area contributed by atoms with Gasteiger partial charge in [-0.2, -0.15) is 0 Å². The molecule has 3 aromatic rings. The van der Waals surface area contributed by atoms with E-state index in [1.807, 2.05) is 13.1 Å². The minimum Gasteiger partial charge on any atom is -0.504 e. The number of aromatic hydroxyl groups is 1. The fourth-order valence-corrected chi connectivity index (χ4v) is 5.51. The van der Waals surface area contributed by atoms with Crippen LogP contribution in [0.2, 0.25) is 0 Å². The van der Waals surface area contributed by atoms with E-state index in [1.54, 1.807) is 24.4 Å². The van der Waals surface area contributed by atoms with Crippen LogP contribution in [0.3, 0.4) is 0 Å². The van der Waals surface area contributed by atoms with Crippen molar-refractivity contribution in [1.82, 2.24) is 10.3 Å². The third kappa shape index (κ3) is 11.2. The van der Waals surface area contributed by atoms with Gasteiger partial charge < -0.3 is 26.0 Å². The summed E-state index contributed by atoms with van der Waals surface area (Å²) in [4.78, 5) is 29.5. The lowest BCUT2D eigenvalue weighted by molar-refractivity contribution is -0.124. The van der Waals surface area contributed by atoms with Gasteiger partial charge in [0.2, 0.25) is 0 Å². The number of unbranched alkanes of at least 4 members (excludes halogenated alkanes) is 2. The number of allylic oxidation sites excluding steroid dienone is 1. The molecule has 5 N–H and O–H groups in total. The van der Waals surface area contributed by atoms with E-state index in [0.717, 1.165) is 54.5 Å². The van der Waals surface area contributed by atoms with Crippen molar-refractivity contribution in [2.75, 3.05) is 26.1 Å². The number of nitrogen functional groups attached to an aromatic ring is 1. The number of carbonyl (C=O) groups is 2. The molecular weight excluding hydrogens is 554 g/mol. The van der Waals surface area contributed by atoms with E-state index in [4.69, 9.17) is 10.5 Å². The molecule has 0 saturated heterocycles. The fraction of sp³-hybridized carbons (Fsp3) is 0.417. The van der Waals surface area contributed by atoms with Crippen LogP contribution in [-0.2, 0) is 22.4 Å². The number of phenolic OH excluding ortho intramolecular Hbond substituents is 1. The molecule has 0 bridgehead atoms. The van der Waals surface area contributed by atoms with E-state index in [-0.39, 0.29) is 29.5 Å². The van der Waals surface area contributed by atoms with Gasteiger partial charge >= 0.3 is 0 Å². The first-order valence-electron chi connectivity index (χ1n) is 15.3. The molecule has 8 nitrogen and oxygen atoms in total. The van der Waals surface area contributed by atoms with Crippen molar-refractivity contribution in [1.29, 1.82) is 0 Å². The number of benzene rings is 2. The molecule has 0 amide bonds. The largest absolute Gasteiger partial charge is 0.504 e. The Morgan fingerprint density at radius 3 is 2.43 bits per heavy atom. The number of aliphatic hydroxyl groups is 1. The minimum absolute atomic E-state index is 0.0672. The van der Waals surface area contributed by atoms with Crippen LogP contribution in [0.1, 0.15) is 84.4 Å². The van der Waals surface area contributed by atoms with E-state index in [1.165, 1.54) is 17.2 Å². The van der Waals surface area contributed by atoms with Gasteiger partial charge in [-0.25, -0.2) is 4.98 Å². The fourth-order valence-electron chi connectivity index (χ4n) is 5.51. The average molecular weight is 602 g/mol. The van der Waals surface area contributed by atoms with Crippen LogP contribution in [0.4, 0.5) is 5.82 Å². The highest BCUT2D eigenvalue weighted by Crippen LogP contribution is 2.32. The van der Waals surface area contributed by atoms with Crippen LogP contribution in [0, 0.1) is 19.8 Å². The van der Waals surface area contributed by atoms with Gasteiger partial charge in [-0.05, 0) is 105 Å². The highest BCUT2D eigenvalue weighted by atomic mass is 16.6. The van der Waals surface area contributed by atoms with Crippen molar-refractivity contribution < 1.29 is 24.5 Å². The lowest BCUT2D eigenvalue weighted by atomic mass is 9.96. The summed E-state index contributed by atoms with van der Waals surface area (Å²) < 4.78 is 5.17. The highest BCUT2D eigenvalue weighted by molar-refractivity contribution is 6.06. The lowest BCUT2D eigenvalue weighted by Gasteiger charge is -2.13. The number of pyridine rings is 1. The molecule has 0 fully saturated rings. The van der Waals surface area contributed by atoms with E-state index in [2.05, 4.69) is 49.3 Å². The van der Waals surface area contributed by atoms with Gasteiger partial charge in [-0.3, -0.25) is 9.59 Å². The molecule has 3 rings (SSSR count). The molecule has 0 saturated carbocycles. The Hall–Kier alpha value is -4.01. The molecular formula is C36H47N3O5. The lowest BCUT2D eigenvalue weighted by Crippen LogP contribution is -2.15. The molecule has 8 heteroatoms. The molecule has 1 heterocycles. The number of nitrogens with one attached hydrogen (secondary N) is 1. The molecule has 1 aromatic heterocycles. The van der Waals surface area contributed by atoms with Gasteiger partial charge in [0, 0.05) is 19.0 Å². The zero-order valence-electron chi connectivity index (χ0n) is 26.5. The second-order valence-corrected chi connectivity index (χ2v) is 11.8. The van der Waals surface area contributed by atoms with Crippen molar-refractivity contribution in [3.63, 3.8) is 0 Å². The number of phenols is 1. The van der Waals surface area contributed by atoms with Crippen molar-refractivity contribution in [3.05, 3.63) is 87.6 Å². The monoisotopic (exact) mass is 601 g/mol. The van der Waals surface area contributed by atoms with Crippen LogP contribution < -0.4 is 15.8 Å². The zero-order chi connectivity index (χ0) is 32.1. The van der Waals surface area contributed by atoms with Gasteiger partial charge in [0.1, 0.15) is 11.6 Å². The summed E-state index contributed by atoms with van der Waals surface area (Å²) >= 11 is 0. The topological polar surface area (TPSA) is 135 Å². The summed E-state index contributed by atoms with van der Waals surface area (Å²) in [7, 11) is 1.95. The first kappa shape index (κ1) is 34.5. The first-order chi connectivity index (χ1) is 21.1. The molecule has 2 aromatic carbocycles. The second kappa shape index (κ2) is 17.3. The number of ether oxygens (including phenoxy) is 1. The van der Waals surface area contributed by atoms with Crippen LogP contribution in [0.25, 0.3) is 6.08 Å². The van der Waals surface area contributed by atoms with Gasteiger partial charge in [0.05, 0.1) is 6.42 Å². The number of nitrogens with zero attached hydrogens (tertiary/aromatic N) is 1. The molecule has 0 aliphatic rings. The number of aliphatic hydroxyl groups excluding tert-OH is 1. The Kier molecular flexibility index (Phi) is 13.6. The van der Waals surface area contributed by atoms with Crippen molar-refractivity contribution in [2.24, 2.45) is 5.92 Å². The summed E-state index contributed by atoms with van der Waals surface area (Å²) in [6.07, 6.45) is 9.95. The van der Waals surface area contributed by atoms with Crippen LogP contribution >= 0.6 is 0 Å². The Morgan fingerprint density at radius 2 is 1.73 bits per heavy atom. The average Bonchev–Trinajstić information content (AvgIpc) is 2.95. The predicted molar refractivity (Wildman–Crippen MR) is 176 cm³/mol. The van der Waals surface area contributed by atoms with Gasteiger partial charge in [-0.15, -0.1) is 0 Å². The van der Waals surface area contributed by atoms with Crippen LogP contribution in [-0.4, -0.2) is 47.1 Å². The summed E-state index contributed by atoms with van der Waals surface area (Å²) in [6, 6.07) is 11.5. The predicted octanol–water partition coefficient (Wildman–Crippen LogP) is 5.84. The van der Waals surface area contributed by atoms with Crippen molar-refractivity contribution in [3.8, 4) is 11.5 Å². The molecule has 236 valence electrons. The molecule has 44 heavy (non-hydrogen) atoms. The number of aryl methyl sites for hydroxylation is 2. The maximum Gasteiger partial charge on any atom is 0.186 e. The number of anilines is 1. The Bertz CT molecular complexity index is 1430. The molecule has 0 aliphatic carbocycles. The maximum absolute atomic E-state index is 12.7. The van der Waals surface area contributed by atoms with Gasteiger partial charge in [-0.1, -0.05) is 55.2 Å². The number of carbonyl (C=O) groups excluding carboxylic acids is 2. The van der Waals surface area contributed by atoms with Gasteiger partial charge in [0.25, 0.3) is 0 Å². The van der Waals surface area contributed by atoms with E-state index in [9.17, 15) is 19.8 Å². The summed E-state index contributed by atoms with van der Waals surface area (Å²) in [6.45, 7) is 6.72. The third-order valence-corrected chi connectivity index (χ3v) is 7.59. The molecule has 0 radical (unpaired) electrons. The van der Waals surface area contributed by atoms with E-state index < -0.39 is 6.79 Å². The minimum atomic E-state index is -0.610. The summed E-state index contributed by atoms with van der Waals surface area (Å²) in [5, 5.41) is 23.0. The van der Waals surface area contributed by atoms with Gasteiger partial charge in [0.15, 0.2) is 24.1 Å². The van der Waals surface area contributed by atoms with Crippen molar-refractivity contribution in [2.45, 2.75) is 72.1 Å². The number of ketones is 2.